The molecule has 3 fully saturated rings. The Balaban J connectivity index is 1.50. The van der Waals surface area contributed by atoms with E-state index in [9.17, 15) is 0 Å². The molecule has 1 aliphatic carbocycles. The quantitative estimate of drug-likeness (QED) is 0.747. The summed E-state index contributed by atoms with van der Waals surface area (Å²) in [5.74, 6) is 0.952. The lowest BCUT2D eigenvalue weighted by Crippen LogP contribution is -2.50. The fourth-order valence-electron chi connectivity index (χ4n) is 3.18. The van der Waals surface area contributed by atoms with Crippen LogP contribution in [-0.4, -0.2) is 49.8 Å². The van der Waals surface area contributed by atoms with E-state index >= 15 is 0 Å². The third-order valence-corrected chi connectivity index (χ3v) is 4.29. The zero-order valence-electron chi connectivity index (χ0n) is 9.45. The molecule has 1 N–H and O–H groups in total. The van der Waals surface area contributed by atoms with Gasteiger partial charge in [0.2, 0.25) is 0 Å². The smallest absolute Gasteiger partial charge is 0.0730 e. The van der Waals surface area contributed by atoms with Crippen LogP contribution in [0.4, 0.5) is 0 Å². The summed E-state index contributed by atoms with van der Waals surface area (Å²) in [6, 6.07) is 0.756. The molecular formula is C12H22N2O. The van der Waals surface area contributed by atoms with Gasteiger partial charge in [-0.1, -0.05) is 0 Å². The van der Waals surface area contributed by atoms with Crippen LogP contribution in [0.1, 0.15) is 25.7 Å². The van der Waals surface area contributed by atoms with Crippen molar-refractivity contribution in [3.05, 3.63) is 0 Å². The molecular weight excluding hydrogens is 188 g/mol. The van der Waals surface area contributed by atoms with Gasteiger partial charge < -0.3 is 10.1 Å². The molecule has 2 aliphatic heterocycles. The predicted octanol–water partition coefficient (Wildman–Crippen LogP) is 0.849. The molecule has 0 aromatic heterocycles. The molecule has 2 saturated heterocycles. The second kappa shape index (κ2) is 4.40. The molecule has 0 aromatic rings. The third-order valence-electron chi connectivity index (χ3n) is 4.29. The highest BCUT2D eigenvalue weighted by atomic mass is 16.5. The topological polar surface area (TPSA) is 24.5 Å². The maximum Gasteiger partial charge on any atom is 0.0730 e. The molecule has 2 heterocycles. The van der Waals surface area contributed by atoms with Gasteiger partial charge in [-0.2, -0.15) is 0 Å². The van der Waals surface area contributed by atoms with E-state index in [4.69, 9.17) is 4.74 Å². The Morgan fingerprint density at radius 1 is 1.27 bits per heavy atom. The minimum Gasteiger partial charge on any atom is -0.375 e. The lowest BCUT2D eigenvalue weighted by atomic mass is 9.98. The minimum absolute atomic E-state index is 0.568. The summed E-state index contributed by atoms with van der Waals surface area (Å²) in [4.78, 5) is 2.69. The first kappa shape index (κ1) is 10.1. The second-order valence-electron chi connectivity index (χ2n) is 5.26. The molecule has 0 spiro atoms. The van der Waals surface area contributed by atoms with Crippen molar-refractivity contribution in [2.45, 2.75) is 37.8 Å². The van der Waals surface area contributed by atoms with E-state index in [-0.39, 0.29) is 0 Å². The number of hydrogen-bond donors (Lipinski definition) is 1. The normalized spacial score (nSPS) is 37.6. The van der Waals surface area contributed by atoms with Crippen LogP contribution in [0, 0.1) is 5.92 Å². The Morgan fingerprint density at radius 2 is 2.20 bits per heavy atom. The number of morpholine rings is 1. The number of rotatable bonds is 3. The lowest BCUT2D eigenvalue weighted by molar-refractivity contribution is -0.0573. The summed E-state index contributed by atoms with van der Waals surface area (Å²) >= 11 is 0. The first-order chi connectivity index (χ1) is 7.43. The average Bonchev–Trinajstić information content (AvgIpc) is 2.63. The van der Waals surface area contributed by atoms with Crippen molar-refractivity contribution >= 4 is 0 Å². The van der Waals surface area contributed by atoms with Gasteiger partial charge in [0.1, 0.15) is 0 Å². The predicted molar refractivity (Wildman–Crippen MR) is 59.9 cm³/mol. The molecule has 0 bridgehead atoms. The van der Waals surface area contributed by atoms with Crippen LogP contribution in [0.5, 0.6) is 0 Å². The standard InChI is InChI=1S/C12H22N2O/c1-2-11-12(3-1)15-7-6-14(11)5-4-10-8-13-9-10/h10-13H,1-9H2. The van der Waals surface area contributed by atoms with Gasteiger partial charge in [-0.3, -0.25) is 4.90 Å². The zero-order valence-corrected chi connectivity index (χ0v) is 9.45. The van der Waals surface area contributed by atoms with E-state index in [1.807, 2.05) is 0 Å². The Hall–Kier alpha value is -0.120. The van der Waals surface area contributed by atoms with Gasteiger partial charge in [0, 0.05) is 12.6 Å². The SMILES string of the molecule is C1CC2OCCN(CCC3CNC3)C2C1. The van der Waals surface area contributed by atoms with Crippen LogP contribution in [0.3, 0.4) is 0 Å². The Bertz CT molecular complexity index is 218. The van der Waals surface area contributed by atoms with Crippen molar-refractivity contribution in [3.8, 4) is 0 Å². The highest BCUT2D eigenvalue weighted by molar-refractivity contribution is 4.90. The number of fused-ring (bicyclic) bond motifs is 1. The number of ether oxygens (including phenoxy) is 1. The molecule has 1 saturated carbocycles. The molecule has 3 heteroatoms. The van der Waals surface area contributed by atoms with Crippen molar-refractivity contribution in [2.24, 2.45) is 5.92 Å². The summed E-state index contributed by atoms with van der Waals surface area (Å²) in [5.41, 5.74) is 0. The molecule has 0 radical (unpaired) electrons. The molecule has 0 amide bonds. The number of nitrogens with zero attached hydrogens (tertiary/aromatic N) is 1. The average molecular weight is 210 g/mol. The first-order valence-electron chi connectivity index (χ1n) is 6.50. The van der Waals surface area contributed by atoms with Crippen LogP contribution in [0.2, 0.25) is 0 Å². The fraction of sp³-hybridized carbons (Fsp3) is 1.00. The maximum atomic E-state index is 5.83. The fourth-order valence-corrected chi connectivity index (χ4v) is 3.18. The number of hydrogen-bond acceptors (Lipinski definition) is 3. The van der Waals surface area contributed by atoms with Crippen LogP contribution >= 0.6 is 0 Å². The van der Waals surface area contributed by atoms with E-state index in [1.165, 1.54) is 51.9 Å². The molecule has 15 heavy (non-hydrogen) atoms. The molecule has 86 valence electrons. The summed E-state index contributed by atoms with van der Waals surface area (Å²) < 4.78 is 5.83. The zero-order chi connectivity index (χ0) is 10.1. The van der Waals surface area contributed by atoms with Crippen LogP contribution in [0.25, 0.3) is 0 Å². The Morgan fingerprint density at radius 3 is 3.00 bits per heavy atom. The van der Waals surface area contributed by atoms with Gasteiger partial charge >= 0.3 is 0 Å². The monoisotopic (exact) mass is 210 g/mol. The molecule has 3 aliphatic rings. The van der Waals surface area contributed by atoms with Gasteiger partial charge in [-0.25, -0.2) is 0 Å². The van der Waals surface area contributed by atoms with Crippen molar-refractivity contribution in [1.29, 1.82) is 0 Å². The van der Waals surface area contributed by atoms with Gasteiger partial charge in [0.05, 0.1) is 12.7 Å². The van der Waals surface area contributed by atoms with E-state index < -0.39 is 0 Å². The van der Waals surface area contributed by atoms with Crippen molar-refractivity contribution in [2.75, 3.05) is 32.8 Å². The summed E-state index contributed by atoms with van der Waals surface area (Å²) in [7, 11) is 0. The van der Waals surface area contributed by atoms with E-state index in [0.717, 1.165) is 18.6 Å². The largest absolute Gasteiger partial charge is 0.375 e. The van der Waals surface area contributed by atoms with Crippen LogP contribution in [-0.2, 0) is 4.74 Å². The van der Waals surface area contributed by atoms with Crippen LogP contribution in [0.15, 0.2) is 0 Å². The van der Waals surface area contributed by atoms with Crippen molar-refractivity contribution < 1.29 is 4.74 Å². The van der Waals surface area contributed by atoms with Crippen LogP contribution < -0.4 is 5.32 Å². The van der Waals surface area contributed by atoms with Gasteiger partial charge in [-0.05, 0) is 51.2 Å². The number of nitrogens with one attached hydrogen (secondary N) is 1. The van der Waals surface area contributed by atoms with Crippen molar-refractivity contribution in [1.82, 2.24) is 10.2 Å². The molecule has 3 nitrogen and oxygen atoms in total. The van der Waals surface area contributed by atoms with Gasteiger partial charge in [0.15, 0.2) is 0 Å². The molecule has 3 rings (SSSR count). The maximum absolute atomic E-state index is 5.83. The highest BCUT2D eigenvalue weighted by Gasteiger charge is 2.35. The van der Waals surface area contributed by atoms with Gasteiger partial charge in [0.25, 0.3) is 0 Å². The van der Waals surface area contributed by atoms with E-state index in [0.29, 0.717) is 6.10 Å². The highest BCUT2D eigenvalue weighted by Crippen LogP contribution is 2.30. The lowest BCUT2D eigenvalue weighted by Gasteiger charge is -2.39. The Kier molecular flexibility index (Phi) is 2.95. The Labute approximate surface area is 92.2 Å². The second-order valence-corrected chi connectivity index (χ2v) is 5.26. The van der Waals surface area contributed by atoms with E-state index in [2.05, 4.69) is 10.2 Å². The summed E-state index contributed by atoms with van der Waals surface area (Å²) in [5, 5.41) is 3.35. The minimum atomic E-state index is 0.568. The molecule has 0 aromatic carbocycles. The van der Waals surface area contributed by atoms with Gasteiger partial charge in [-0.15, -0.1) is 0 Å². The van der Waals surface area contributed by atoms with Crippen molar-refractivity contribution in [3.63, 3.8) is 0 Å². The summed E-state index contributed by atoms with van der Waals surface area (Å²) in [6.45, 7) is 5.93. The molecule has 2 unspecified atom stereocenters. The summed E-state index contributed by atoms with van der Waals surface area (Å²) in [6.07, 6.45) is 5.99. The first-order valence-corrected chi connectivity index (χ1v) is 6.50. The third kappa shape index (κ3) is 2.05. The molecule has 2 atom stereocenters. The van der Waals surface area contributed by atoms with E-state index in [1.54, 1.807) is 0 Å².